The van der Waals surface area contributed by atoms with Gasteiger partial charge in [0.25, 0.3) is 0 Å². The van der Waals surface area contributed by atoms with Crippen LogP contribution in [0.1, 0.15) is 51.9 Å². The number of carbonyl (C=O) groups is 2. The van der Waals surface area contributed by atoms with E-state index in [-0.39, 0.29) is 23.9 Å². The third-order valence-corrected chi connectivity index (χ3v) is 5.34. The van der Waals surface area contributed by atoms with Crippen molar-refractivity contribution in [2.45, 2.75) is 70.0 Å². The number of fused-ring (bicyclic) bond motifs is 1. The van der Waals surface area contributed by atoms with Gasteiger partial charge in [-0.15, -0.1) is 0 Å². The molecule has 5 heteroatoms. The van der Waals surface area contributed by atoms with Crippen LogP contribution >= 0.6 is 0 Å². The maximum absolute atomic E-state index is 12.4. The van der Waals surface area contributed by atoms with Gasteiger partial charge in [-0.3, -0.25) is 9.59 Å². The van der Waals surface area contributed by atoms with E-state index in [9.17, 15) is 9.59 Å². The number of amides is 2. The number of piperidine rings is 1. The summed E-state index contributed by atoms with van der Waals surface area (Å²) < 4.78 is 0. The fraction of sp³-hybridized carbons (Fsp3) is 0.875. The highest BCUT2D eigenvalue weighted by atomic mass is 16.2. The lowest BCUT2D eigenvalue weighted by Gasteiger charge is -2.41. The number of hydrogen-bond acceptors (Lipinski definition) is 3. The average Bonchev–Trinajstić information content (AvgIpc) is 2.48. The zero-order valence-corrected chi connectivity index (χ0v) is 12.9. The molecule has 0 aromatic heterocycles. The van der Waals surface area contributed by atoms with Crippen molar-refractivity contribution in [3.8, 4) is 0 Å². The Morgan fingerprint density at radius 1 is 1.14 bits per heavy atom. The van der Waals surface area contributed by atoms with Crippen LogP contribution in [-0.4, -0.2) is 47.9 Å². The second-order valence-electron chi connectivity index (χ2n) is 6.99. The van der Waals surface area contributed by atoms with Gasteiger partial charge in [0.05, 0.1) is 12.5 Å². The minimum absolute atomic E-state index is 0.0110. The normalized spacial score (nSPS) is 34.2. The number of nitrogens with zero attached hydrogens (tertiary/aromatic N) is 1. The van der Waals surface area contributed by atoms with Crippen LogP contribution in [0.3, 0.4) is 0 Å². The monoisotopic (exact) mass is 293 g/mol. The van der Waals surface area contributed by atoms with Gasteiger partial charge in [0.2, 0.25) is 11.8 Å². The van der Waals surface area contributed by atoms with Gasteiger partial charge >= 0.3 is 0 Å². The summed E-state index contributed by atoms with van der Waals surface area (Å²) in [5, 5.41) is 6.54. The van der Waals surface area contributed by atoms with Crippen LogP contribution in [0, 0.1) is 5.92 Å². The number of likely N-dealkylation sites (tertiary alicyclic amines) is 1. The number of carbonyl (C=O) groups excluding carboxylic acids is 2. The minimum Gasteiger partial charge on any atom is -0.350 e. The van der Waals surface area contributed by atoms with Gasteiger partial charge in [-0.1, -0.05) is 19.8 Å². The van der Waals surface area contributed by atoms with Gasteiger partial charge in [-0.05, 0) is 31.6 Å². The van der Waals surface area contributed by atoms with E-state index in [1.807, 2.05) is 4.90 Å². The van der Waals surface area contributed by atoms with E-state index >= 15 is 0 Å². The summed E-state index contributed by atoms with van der Waals surface area (Å²) in [6.07, 6.45) is 7.06. The molecule has 118 valence electrons. The second kappa shape index (κ2) is 6.34. The third kappa shape index (κ3) is 3.39. The standard InChI is InChI=1S/C16H27N3O2/c1-11-6-8-19(9-7-11)15(20)10-14-16(21)18-13-5-3-2-4-12(13)17-14/h11-14,17H,2-10H2,1H3,(H,18,21). The van der Waals surface area contributed by atoms with E-state index in [0.29, 0.717) is 18.4 Å². The largest absolute Gasteiger partial charge is 0.350 e. The first-order valence-corrected chi connectivity index (χ1v) is 8.47. The molecule has 2 saturated heterocycles. The zero-order chi connectivity index (χ0) is 14.8. The minimum atomic E-state index is -0.337. The molecule has 3 unspecified atom stereocenters. The number of hydrogen-bond donors (Lipinski definition) is 2. The first-order valence-electron chi connectivity index (χ1n) is 8.47. The first-order chi connectivity index (χ1) is 10.1. The van der Waals surface area contributed by atoms with E-state index in [0.717, 1.165) is 38.8 Å². The molecule has 0 aromatic carbocycles. The molecular formula is C16H27N3O2. The molecule has 1 aliphatic carbocycles. The van der Waals surface area contributed by atoms with Gasteiger partial charge < -0.3 is 15.5 Å². The summed E-state index contributed by atoms with van der Waals surface area (Å²) >= 11 is 0. The maximum atomic E-state index is 12.4. The molecule has 1 saturated carbocycles. The van der Waals surface area contributed by atoms with Crippen molar-refractivity contribution < 1.29 is 9.59 Å². The number of nitrogens with one attached hydrogen (secondary N) is 2. The lowest BCUT2D eigenvalue weighted by Crippen LogP contribution is -2.65. The van der Waals surface area contributed by atoms with Gasteiger partial charge in [0.1, 0.15) is 0 Å². The third-order valence-electron chi connectivity index (χ3n) is 5.34. The van der Waals surface area contributed by atoms with Crippen LogP contribution in [0.25, 0.3) is 0 Å². The number of piperazine rings is 1. The summed E-state index contributed by atoms with van der Waals surface area (Å²) in [4.78, 5) is 26.5. The fourth-order valence-corrected chi connectivity index (χ4v) is 3.83. The lowest BCUT2D eigenvalue weighted by molar-refractivity contribution is -0.137. The highest BCUT2D eigenvalue weighted by Gasteiger charge is 2.37. The summed E-state index contributed by atoms with van der Waals surface area (Å²) in [6.45, 7) is 3.93. The van der Waals surface area contributed by atoms with Crippen molar-refractivity contribution in [1.29, 1.82) is 0 Å². The Labute approximate surface area is 126 Å². The summed E-state index contributed by atoms with van der Waals surface area (Å²) in [6, 6.07) is 0.292. The Morgan fingerprint density at radius 2 is 1.81 bits per heavy atom. The molecule has 2 heterocycles. The van der Waals surface area contributed by atoms with E-state index in [1.54, 1.807) is 0 Å². The molecule has 3 rings (SSSR count). The Hall–Kier alpha value is -1.10. The van der Waals surface area contributed by atoms with Gasteiger partial charge in [-0.2, -0.15) is 0 Å². The predicted molar refractivity (Wildman–Crippen MR) is 80.7 cm³/mol. The quantitative estimate of drug-likeness (QED) is 0.799. The molecule has 0 aromatic rings. The first kappa shape index (κ1) is 14.8. The Morgan fingerprint density at radius 3 is 2.52 bits per heavy atom. The van der Waals surface area contributed by atoms with Crippen molar-refractivity contribution in [1.82, 2.24) is 15.5 Å². The number of rotatable bonds is 2. The Bertz CT molecular complexity index is 404. The van der Waals surface area contributed by atoms with Gasteiger partial charge in [-0.25, -0.2) is 0 Å². The Balaban J connectivity index is 1.54. The summed E-state index contributed by atoms with van der Waals surface area (Å²) in [5.41, 5.74) is 0. The predicted octanol–water partition coefficient (Wildman–Crippen LogP) is 1.03. The molecule has 5 nitrogen and oxygen atoms in total. The highest BCUT2D eigenvalue weighted by Crippen LogP contribution is 2.23. The van der Waals surface area contributed by atoms with Crippen molar-refractivity contribution in [3.05, 3.63) is 0 Å². The molecule has 21 heavy (non-hydrogen) atoms. The molecule has 0 bridgehead atoms. The molecule has 3 aliphatic rings. The van der Waals surface area contributed by atoms with Crippen molar-refractivity contribution in [3.63, 3.8) is 0 Å². The van der Waals surface area contributed by atoms with Crippen LogP contribution < -0.4 is 10.6 Å². The van der Waals surface area contributed by atoms with Crippen LogP contribution in [0.2, 0.25) is 0 Å². The van der Waals surface area contributed by atoms with Gasteiger partial charge in [0, 0.05) is 25.2 Å². The Kier molecular flexibility index (Phi) is 4.48. The molecule has 2 N–H and O–H groups in total. The smallest absolute Gasteiger partial charge is 0.237 e. The average molecular weight is 293 g/mol. The molecular weight excluding hydrogens is 266 g/mol. The summed E-state index contributed by atoms with van der Waals surface area (Å²) in [7, 11) is 0. The molecule has 0 radical (unpaired) electrons. The van der Waals surface area contributed by atoms with Crippen LogP contribution in [0.4, 0.5) is 0 Å². The van der Waals surface area contributed by atoms with E-state index < -0.39 is 0 Å². The van der Waals surface area contributed by atoms with Crippen LogP contribution in [0.5, 0.6) is 0 Å². The van der Waals surface area contributed by atoms with Crippen molar-refractivity contribution >= 4 is 11.8 Å². The highest BCUT2D eigenvalue weighted by molar-refractivity contribution is 5.89. The van der Waals surface area contributed by atoms with E-state index in [4.69, 9.17) is 0 Å². The zero-order valence-electron chi connectivity index (χ0n) is 12.9. The SMILES string of the molecule is CC1CCN(C(=O)CC2NC3CCCCC3NC2=O)CC1. The second-order valence-corrected chi connectivity index (χ2v) is 6.99. The fourth-order valence-electron chi connectivity index (χ4n) is 3.83. The van der Waals surface area contributed by atoms with Crippen molar-refractivity contribution in [2.24, 2.45) is 5.92 Å². The van der Waals surface area contributed by atoms with E-state index in [2.05, 4.69) is 17.6 Å². The molecule has 2 aliphatic heterocycles. The van der Waals surface area contributed by atoms with Crippen molar-refractivity contribution in [2.75, 3.05) is 13.1 Å². The van der Waals surface area contributed by atoms with Gasteiger partial charge in [0.15, 0.2) is 0 Å². The maximum Gasteiger partial charge on any atom is 0.237 e. The van der Waals surface area contributed by atoms with E-state index in [1.165, 1.54) is 12.8 Å². The molecule has 2 amide bonds. The molecule has 0 spiro atoms. The lowest BCUT2D eigenvalue weighted by atomic mass is 9.87. The topological polar surface area (TPSA) is 61.4 Å². The molecule has 3 atom stereocenters. The van der Waals surface area contributed by atoms with Crippen LogP contribution in [0.15, 0.2) is 0 Å². The molecule has 3 fully saturated rings. The summed E-state index contributed by atoms with van der Waals surface area (Å²) in [5.74, 6) is 0.855. The van der Waals surface area contributed by atoms with Crippen LogP contribution in [-0.2, 0) is 9.59 Å².